The molecule has 3 aromatic carbocycles. The van der Waals surface area contributed by atoms with Gasteiger partial charge in [-0.2, -0.15) is 5.10 Å². The number of rotatable bonds is 4. The van der Waals surface area contributed by atoms with E-state index in [4.69, 9.17) is 5.10 Å². The number of nitrogens with zero attached hydrogens (tertiary/aromatic N) is 2. The normalized spacial score (nSPS) is 11.8. The molecule has 0 saturated heterocycles. The van der Waals surface area contributed by atoms with E-state index in [1.165, 1.54) is 5.56 Å². The number of benzene rings is 3. The highest BCUT2D eigenvalue weighted by Gasteiger charge is 2.11. The first kappa shape index (κ1) is 14.4. The third kappa shape index (κ3) is 2.84. The summed E-state index contributed by atoms with van der Waals surface area (Å²) in [7, 11) is 0. The zero-order valence-electron chi connectivity index (χ0n) is 13.2. The molecule has 0 atom stereocenters. The van der Waals surface area contributed by atoms with E-state index < -0.39 is 0 Å². The Morgan fingerprint density at radius 1 is 0.792 bits per heavy atom. The summed E-state index contributed by atoms with van der Waals surface area (Å²) in [6, 6.07) is 26.6. The van der Waals surface area contributed by atoms with Crippen molar-refractivity contribution in [2.75, 3.05) is 5.43 Å². The van der Waals surface area contributed by atoms with Crippen LogP contribution in [0.15, 0.2) is 89.0 Å². The SMILES string of the molecule is C1=NCc2cccc(NN=C(c3ccccc3)c3ccccc3)c21. The van der Waals surface area contributed by atoms with Gasteiger partial charge in [0.15, 0.2) is 0 Å². The van der Waals surface area contributed by atoms with E-state index in [9.17, 15) is 0 Å². The molecule has 0 unspecified atom stereocenters. The second kappa shape index (κ2) is 6.50. The minimum Gasteiger partial charge on any atom is -0.288 e. The molecule has 0 fully saturated rings. The summed E-state index contributed by atoms with van der Waals surface area (Å²) in [5.74, 6) is 0. The molecule has 3 heteroatoms. The molecule has 0 saturated carbocycles. The van der Waals surface area contributed by atoms with Gasteiger partial charge in [0.25, 0.3) is 0 Å². The third-order valence-electron chi connectivity index (χ3n) is 4.06. The summed E-state index contributed by atoms with van der Waals surface area (Å²) in [4.78, 5) is 4.34. The first-order valence-electron chi connectivity index (χ1n) is 7.98. The Bertz CT molecular complexity index is 855. The Labute approximate surface area is 141 Å². The Balaban J connectivity index is 1.73. The Morgan fingerprint density at radius 2 is 1.46 bits per heavy atom. The topological polar surface area (TPSA) is 36.8 Å². The van der Waals surface area contributed by atoms with Gasteiger partial charge in [0.05, 0.1) is 17.9 Å². The monoisotopic (exact) mass is 311 g/mol. The average molecular weight is 311 g/mol. The molecule has 0 bridgehead atoms. The predicted molar refractivity (Wildman–Crippen MR) is 99.9 cm³/mol. The molecule has 24 heavy (non-hydrogen) atoms. The van der Waals surface area contributed by atoms with Crippen LogP contribution in [0.3, 0.4) is 0 Å². The van der Waals surface area contributed by atoms with Crippen molar-refractivity contribution in [1.82, 2.24) is 0 Å². The van der Waals surface area contributed by atoms with Crippen LogP contribution in [0.25, 0.3) is 0 Å². The second-order valence-electron chi connectivity index (χ2n) is 5.65. The fourth-order valence-electron chi connectivity index (χ4n) is 2.84. The molecule has 4 rings (SSSR count). The zero-order chi connectivity index (χ0) is 16.2. The molecule has 0 spiro atoms. The van der Waals surface area contributed by atoms with Crippen LogP contribution in [-0.4, -0.2) is 11.9 Å². The standard InChI is InChI=1S/C21H17N3/c1-3-8-16(9-4-1)21(17-10-5-2-6-11-17)24-23-20-13-7-12-18-14-22-15-19(18)20/h1-13,15,23H,14H2. The van der Waals surface area contributed by atoms with Gasteiger partial charge in [-0.15, -0.1) is 0 Å². The third-order valence-corrected chi connectivity index (χ3v) is 4.06. The number of hydrogen-bond donors (Lipinski definition) is 1. The molecule has 1 aliphatic rings. The van der Waals surface area contributed by atoms with E-state index in [0.717, 1.165) is 34.6 Å². The average Bonchev–Trinajstić information content (AvgIpc) is 3.13. The largest absolute Gasteiger partial charge is 0.288 e. The van der Waals surface area contributed by atoms with Crippen LogP contribution in [-0.2, 0) is 6.54 Å². The van der Waals surface area contributed by atoms with E-state index in [-0.39, 0.29) is 0 Å². The van der Waals surface area contributed by atoms with Gasteiger partial charge < -0.3 is 0 Å². The minimum atomic E-state index is 0.749. The summed E-state index contributed by atoms with van der Waals surface area (Å²) >= 11 is 0. The van der Waals surface area contributed by atoms with Gasteiger partial charge in [-0.25, -0.2) is 0 Å². The lowest BCUT2D eigenvalue weighted by Gasteiger charge is -2.10. The molecule has 1 N–H and O–H groups in total. The lowest BCUT2D eigenvalue weighted by atomic mass is 10.0. The van der Waals surface area contributed by atoms with Crippen LogP contribution in [0, 0.1) is 0 Å². The van der Waals surface area contributed by atoms with Crippen molar-refractivity contribution in [2.45, 2.75) is 6.54 Å². The lowest BCUT2D eigenvalue weighted by Crippen LogP contribution is -2.07. The van der Waals surface area contributed by atoms with Gasteiger partial charge >= 0.3 is 0 Å². The molecule has 3 nitrogen and oxygen atoms in total. The van der Waals surface area contributed by atoms with E-state index in [1.807, 2.05) is 54.7 Å². The summed E-state index contributed by atoms with van der Waals surface area (Å²) in [6.07, 6.45) is 1.91. The maximum atomic E-state index is 4.72. The number of fused-ring (bicyclic) bond motifs is 1. The van der Waals surface area contributed by atoms with Gasteiger partial charge in [-0.1, -0.05) is 72.8 Å². The zero-order valence-corrected chi connectivity index (χ0v) is 13.2. The van der Waals surface area contributed by atoms with Gasteiger partial charge in [0.2, 0.25) is 0 Å². The minimum absolute atomic E-state index is 0.749. The quantitative estimate of drug-likeness (QED) is 0.559. The van der Waals surface area contributed by atoms with E-state index in [2.05, 4.69) is 40.8 Å². The summed E-state index contributed by atoms with van der Waals surface area (Å²) < 4.78 is 0. The van der Waals surface area contributed by atoms with E-state index >= 15 is 0 Å². The van der Waals surface area contributed by atoms with Gasteiger partial charge in [0, 0.05) is 22.9 Å². The molecule has 0 radical (unpaired) electrons. The number of anilines is 1. The maximum Gasteiger partial charge on any atom is 0.0977 e. The Morgan fingerprint density at radius 3 is 2.12 bits per heavy atom. The molecule has 0 aliphatic carbocycles. The number of hydrogen-bond acceptors (Lipinski definition) is 3. The molecule has 1 heterocycles. The van der Waals surface area contributed by atoms with Gasteiger partial charge in [0.1, 0.15) is 0 Å². The molecular weight excluding hydrogens is 294 g/mol. The Kier molecular flexibility index (Phi) is 3.90. The number of hydrazone groups is 1. The number of aliphatic imine (C=N–C) groups is 1. The van der Waals surface area contributed by atoms with Crippen molar-refractivity contribution in [1.29, 1.82) is 0 Å². The van der Waals surface area contributed by atoms with E-state index in [1.54, 1.807) is 0 Å². The van der Waals surface area contributed by atoms with Crippen molar-refractivity contribution < 1.29 is 0 Å². The smallest absolute Gasteiger partial charge is 0.0977 e. The highest BCUT2D eigenvalue weighted by molar-refractivity contribution is 6.13. The first-order chi connectivity index (χ1) is 11.9. The van der Waals surface area contributed by atoms with Gasteiger partial charge in [-0.05, 0) is 11.6 Å². The second-order valence-corrected chi connectivity index (χ2v) is 5.65. The highest BCUT2D eigenvalue weighted by atomic mass is 15.3. The first-order valence-corrected chi connectivity index (χ1v) is 7.98. The summed E-state index contributed by atoms with van der Waals surface area (Å²) in [6.45, 7) is 0.749. The van der Waals surface area contributed by atoms with Gasteiger partial charge in [-0.3, -0.25) is 10.4 Å². The maximum absolute atomic E-state index is 4.72. The fourth-order valence-corrected chi connectivity index (χ4v) is 2.84. The van der Waals surface area contributed by atoms with Crippen LogP contribution in [0.4, 0.5) is 5.69 Å². The van der Waals surface area contributed by atoms with Crippen molar-refractivity contribution in [3.05, 3.63) is 101 Å². The molecule has 116 valence electrons. The van der Waals surface area contributed by atoms with Crippen LogP contribution >= 0.6 is 0 Å². The van der Waals surface area contributed by atoms with E-state index in [0.29, 0.717) is 0 Å². The van der Waals surface area contributed by atoms with Crippen molar-refractivity contribution in [3.63, 3.8) is 0 Å². The van der Waals surface area contributed by atoms with Crippen molar-refractivity contribution in [2.24, 2.45) is 10.1 Å². The molecule has 0 amide bonds. The number of nitrogens with one attached hydrogen (secondary N) is 1. The predicted octanol–water partition coefficient (Wildman–Crippen LogP) is 4.48. The Hall–Kier alpha value is -3.20. The van der Waals surface area contributed by atoms with Crippen molar-refractivity contribution >= 4 is 17.6 Å². The summed E-state index contributed by atoms with van der Waals surface area (Å²) in [5.41, 5.74) is 9.66. The van der Waals surface area contributed by atoms with Crippen LogP contribution in [0.2, 0.25) is 0 Å². The van der Waals surface area contributed by atoms with Crippen molar-refractivity contribution in [3.8, 4) is 0 Å². The molecular formula is C21H17N3. The molecule has 0 aromatic heterocycles. The highest BCUT2D eigenvalue weighted by Crippen LogP contribution is 2.23. The summed E-state index contributed by atoms with van der Waals surface area (Å²) in [5, 5.41) is 4.72. The fraction of sp³-hybridized carbons (Fsp3) is 0.0476. The molecule has 1 aliphatic heterocycles. The van der Waals surface area contributed by atoms with Crippen LogP contribution < -0.4 is 5.43 Å². The van der Waals surface area contributed by atoms with Crippen LogP contribution in [0.1, 0.15) is 22.3 Å². The lowest BCUT2D eigenvalue weighted by molar-refractivity contribution is 1.11. The van der Waals surface area contributed by atoms with Crippen LogP contribution in [0.5, 0.6) is 0 Å². The molecule has 3 aromatic rings.